The van der Waals surface area contributed by atoms with Crippen LogP contribution in [-0.4, -0.2) is 33.9 Å². The molecule has 1 aliphatic rings. The molecule has 6 nitrogen and oxygen atoms in total. The number of aromatic amines is 1. The van der Waals surface area contributed by atoms with E-state index in [0.717, 1.165) is 13.1 Å². The van der Waals surface area contributed by atoms with E-state index in [2.05, 4.69) is 33.7 Å². The van der Waals surface area contributed by atoms with E-state index in [-0.39, 0.29) is 11.5 Å². The smallest absolute Gasteiger partial charge is 0.252 e. The average Bonchev–Trinajstić information content (AvgIpc) is 2.25. The fourth-order valence-corrected chi connectivity index (χ4v) is 2.65. The Bertz CT molecular complexity index is 526. The molecule has 0 unspecified atom stereocenters. The molecule has 0 amide bonds. The number of nitrogens with one attached hydrogen (secondary N) is 1. The van der Waals surface area contributed by atoms with Crippen molar-refractivity contribution in [2.24, 2.45) is 22.6 Å². The molecule has 0 radical (unpaired) electrons. The summed E-state index contributed by atoms with van der Waals surface area (Å²) in [5, 5.41) is 0. The second-order valence-corrected chi connectivity index (χ2v) is 5.53. The Labute approximate surface area is 112 Å². The maximum atomic E-state index is 11.4. The summed E-state index contributed by atoms with van der Waals surface area (Å²) in [7, 11) is 0. The normalized spacial score (nSPS) is 24.6. The Morgan fingerprint density at radius 3 is 2.68 bits per heavy atom. The summed E-state index contributed by atoms with van der Waals surface area (Å²) in [4.78, 5) is 24.4. The SMILES string of the molecule is Cc1cc(=O)[nH]c(N=C(N)N2C[C@@H](C)C[C@H](C)C2)n1. The van der Waals surface area contributed by atoms with Gasteiger partial charge in [0.2, 0.25) is 5.95 Å². The van der Waals surface area contributed by atoms with Gasteiger partial charge in [-0.3, -0.25) is 9.78 Å². The molecule has 1 aromatic rings. The van der Waals surface area contributed by atoms with Crippen molar-refractivity contribution < 1.29 is 0 Å². The molecule has 1 aromatic heterocycles. The number of likely N-dealkylation sites (tertiary alicyclic amines) is 1. The van der Waals surface area contributed by atoms with E-state index in [1.165, 1.54) is 12.5 Å². The molecular formula is C13H21N5O. The summed E-state index contributed by atoms with van der Waals surface area (Å²) in [6.07, 6.45) is 1.21. The van der Waals surface area contributed by atoms with Gasteiger partial charge in [-0.15, -0.1) is 0 Å². The highest BCUT2D eigenvalue weighted by atomic mass is 16.1. The van der Waals surface area contributed by atoms with Crippen LogP contribution in [0.3, 0.4) is 0 Å². The highest BCUT2D eigenvalue weighted by Gasteiger charge is 2.23. The fourth-order valence-electron chi connectivity index (χ4n) is 2.65. The molecule has 6 heteroatoms. The van der Waals surface area contributed by atoms with Crippen LogP contribution in [0.4, 0.5) is 5.95 Å². The summed E-state index contributed by atoms with van der Waals surface area (Å²) in [5.41, 5.74) is 6.44. The highest BCUT2D eigenvalue weighted by molar-refractivity contribution is 5.80. The minimum Gasteiger partial charge on any atom is -0.369 e. The van der Waals surface area contributed by atoms with Gasteiger partial charge in [-0.05, 0) is 25.2 Å². The number of rotatable bonds is 1. The first-order valence-corrected chi connectivity index (χ1v) is 6.61. The number of aryl methyl sites for hydroxylation is 1. The van der Waals surface area contributed by atoms with Gasteiger partial charge in [0.15, 0.2) is 5.96 Å². The van der Waals surface area contributed by atoms with E-state index in [1.807, 2.05) is 0 Å². The van der Waals surface area contributed by atoms with Crippen molar-refractivity contribution in [2.45, 2.75) is 27.2 Å². The van der Waals surface area contributed by atoms with E-state index in [9.17, 15) is 4.79 Å². The van der Waals surface area contributed by atoms with Gasteiger partial charge in [0.1, 0.15) is 0 Å². The number of H-pyrrole nitrogens is 1. The third-order valence-corrected chi connectivity index (χ3v) is 3.27. The number of hydrogen-bond acceptors (Lipinski definition) is 3. The Hall–Kier alpha value is -1.85. The molecule has 0 spiro atoms. The van der Waals surface area contributed by atoms with Gasteiger partial charge in [0, 0.05) is 24.8 Å². The number of aliphatic imine (C=N–C) groups is 1. The van der Waals surface area contributed by atoms with E-state index in [1.54, 1.807) is 6.92 Å². The van der Waals surface area contributed by atoms with E-state index < -0.39 is 0 Å². The first-order valence-electron chi connectivity index (χ1n) is 6.61. The van der Waals surface area contributed by atoms with Crippen molar-refractivity contribution in [3.8, 4) is 0 Å². The van der Waals surface area contributed by atoms with Gasteiger partial charge in [-0.2, -0.15) is 4.99 Å². The van der Waals surface area contributed by atoms with Crippen LogP contribution < -0.4 is 11.3 Å². The first kappa shape index (κ1) is 13.6. The van der Waals surface area contributed by atoms with Crippen molar-refractivity contribution in [3.63, 3.8) is 0 Å². The van der Waals surface area contributed by atoms with E-state index in [4.69, 9.17) is 5.73 Å². The summed E-state index contributed by atoms with van der Waals surface area (Å²) >= 11 is 0. The molecule has 2 heterocycles. The van der Waals surface area contributed by atoms with Crippen LogP contribution in [0.2, 0.25) is 0 Å². The minimum absolute atomic E-state index is 0.209. The van der Waals surface area contributed by atoms with Gasteiger partial charge in [0.05, 0.1) is 0 Å². The molecular weight excluding hydrogens is 242 g/mol. The molecule has 1 aliphatic heterocycles. The van der Waals surface area contributed by atoms with Crippen molar-refractivity contribution >= 4 is 11.9 Å². The van der Waals surface area contributed by atoms with Crippen LogP contribution in [0.25, 0.3) is 0 Å². The van der Waals surface area contributed by atoms with Crippen LogP contribution in [0.5, 0.6) is 0 Å². The number of aromatic nitrogens is 2. The first-order chi connectivity index (χ1) is 8.94. The van der Waals surface area contributed by atoms with Gasteiger partial charge < -0.3 is 10.6 Å². The summed E-state index contributed by atoms with van der Waals surface area (Å²) in [6.45, 7) is 7.98. The number of nitrogens with two attached hydrogens (primary N) is 1. The molecule has 1 saturated heterocycles. The molecule has 19 heavy (non-hydrogen) atoms. The van der Waals surface area contributed by atoms with E-state index in [0.29, 0.717) is 23.5 Å². The van der Waals surface area contributed by atoms with Crippen molar-refractivity contribution in [1.29, 1.82) is 0 Å². The quantitative estimate of drug-likeness (QED) is 0.584. The molecule has 0 bridgehead atoms. The van der Waals surface area contributed by atoms with Crippen LogP contribution in [0.1, 0.15) is 26.0 Å². The lowest BCUT2D eigenvalue weighted by atomic mass is 9.92. The number of guanidine groups is 1. The predicted molar refractivity (Wildman–Crippen MR) is 75.4 cm³/mol. The maximum absolute atomic E-state index is 11.4. The predicted octanol–water partition coefficient (Wildman–Crippen LogP) is 1.00. The fraction of sp³-hybridized carbons (Fsp3) is 0.615. The van der Waals surface area contributed by atoms with Crippen LogP contribution in [-0.2, 0) is 0 Å². The zero-order valence-electron chi connectivity index (χ0n) is 11.7. The van der Waals surface area contributed by atoms with Crippen LogP contribution in [0.15, 0.2) is 15.9 Å². The molecule has 2 atom stereocenters. The molecule has 0 saturated carbocycles. The Balaban J connectivity index is 2.20. The molecule has 104 valence electrons. The average molecular weight is 263 g/mol. The molecule has 0 aliphatic carbocycles. The Morgan fingerprint density at radius 1 is 1.47 bits per heavy atom. The molecule has 2 rings (SSSR count). The van der Waals surface area contributed by atoms with Crippen LogP contribution in [0, 0.1) is 18.8 Å². The van der Waals surface area contributed by atoms with Crippen LogP contribution >= 0.6 is 0 Å². The third-order valence-electron chi connectivity index (χ3n) is 3.27. The van der Waals surface area contributed by atoms with Gasteiger partial charge in [0.25, 0.3) is 5.56 Å². The minimum atomic E-state index is -0.209. The number of hydrogen-bond donors (Lipinski definition) is 2. The van der Waals surface area contributed by atoms with Gasteiger partial charge >= 0.3 is 0 Å². The third kappa shape index (κ3) is 3.56. The highest BCUT2D eigenvalue weighted by Crippen LogP contribution is 2.20. The second-order valence-electron chi connectivity index (χ2n) is 5.53. The lowest BCUT2D eigenvalue weighted by molar-refractivity contribution is 0.212. The molecule has 3 N–H and O–H groups in total. The van der Waals surface area contributed by atoms with E-state index >= 15 is 0 Å². The summed E-state index contributed by atoms with van der Waals surface area (Å²) < 4.78 is 0. The summed E-state index contributed by atoms with van der Waals surface area (Å²) in [5.74, 6) is 1.89. The summed E-state index contributed by atoms with van der Waals surface area (Å²) in [6, 6.07) is 1.43. The molecule has 0 aromatic carbocycles. The lowest BCUT2D eigenvalue weighted by Gasteiger charge is -2.35. The van der Waals surface area contributed by atoms with Crippen molar-refractivity contribution in [1.82, 2.24) is 14.9 Å². The largest absolute Gasteiger partial charge is 0.369 e. The number of piperidine rings is 1. The van der Waals surface area contributed by atoms with Crippen molar-refractivity contribution in [2.75, 3.05) is 13.1 Å². The zero-order chi connectivity index (χ0) is 14.0. The standard InChI is InChI=1S/C13H21N5O/c1-8-4-9(2)7-18(6-8)12(14)17-13-15-10(3)5-11(19)16-13/h5,8-9H,4,6-7H2,1-3H3,(H3,14,15,16,17,19)/t8-,9-/m0/s1. The van der Waals surface area contributed by atoms with Gasteiger partial charge in [-0.1, -0.05) is 13.8 Å². The Morgan fingerprint density at radius 2 is 2.11 bits per heavy atom. The second kappa shape index (κ2) is 5.42. The molecule has 1 fully saturated rings. The Kier molecular flexibility index (Phi) is 3.87. The topological polar surface area (TPSA) is 87.4 Å². The lowest BCUT2D eigenvalue weighted by Crippen LogP contribution is -2.46. The van der Waals surface area contributed by atoms with Crippen molar-refractivity contribution in [3.05, 3.63) is 22.1 Å². The van der Waals surface area contributed by atoms with Gasteiger partial charge in [-0.25, -0.2) is 4.98 Å². The monoisotopic (exact) mass is 263 g/mol. The number of nitrogens with zero attached hydrogens (tertiary/aromatic N) is 3. The zero-order valence-corrected chi connectivity index (χ0v) is 11.7. The maximum Gasteiger partial charge on any atom is 0.252 e.